The summed E-state index contributed by atoms with van der Waals surface area (Å²) in [6.07, 6.45) is 1.82. The molecule has 0 bridgehead atoms. The van der Waals surface area contributed by atoms with Gasteiger partial charge in [-0.15, -0.1) is 0 Å². The Kier molecular flexibility index (Phi) is 6.15. The SMILES string of the molecule is CCNC(=NCCc1ccccc1)Nc1ccc2c(c1)OCCCO2. The average molecular weight is 339 g/mol. The molecule has 0 aliphatic carbocycles. The second kappa shape index (κ2) is 8.97. The van der Waals surface area contributed by atoms with Gasteiger partial charge >= 0.3 is 0 Å². The summed E-state index contributed by atoms with van der Waals surface area (Å²) >= 11 is 0. The van der Waals surface area contributed by atoms with Crippen LogP contribution in [0.4, 0.5) is 5.69 Å². The molecule has 1 heterocycles. The minimum absolute atomic E-state index is 0.682. The van der Waals surface area contributed by atoms with Crippen molar-refractivity contribution in [2.45, 2.75) is 19.8 Å². The highest BCUT2D eigenvalue weighted by atomic mass is 16.5. The molecule has 25 heavy (non-hydrogen) atoms. The zero-order valence-corrected chi connectivity index (χ0v) is 14.6. The van der Waals surface area contributed by atoms with Gasteiger partial charge in [-0.2, -0.15) is 0 Å². The first-order valence-electron chi connectivity index (χ1n) is 8.84. The summed E-state index contributed by atoms with van der Waals surface area (Å²) in [4.78, 5) is 4.66. The smallest absolute Gasteiger partial charge is 0.195 e. The molecule has 3 rings (SSSR count). The first-order chi connectivity index (χ1) is 12.3. The van der Waals surface area contributed by atoms with E-state index in [9.17, 15) is 0 Å². The van der Waals surface area contributed by atoms with Crippen LogP contribution in [-0.4, -0.2) is 32.3 Å². The molecule has 0 unspecified atom stereocenters. The van der Waals surface area contributed by atoms with Gasteiger partial charge < -0.3 is 20.1 Å². The number of nitrogens with zero attached hydrogens (tertiary/aromatic N) is 1. The van der Waals surface area contributed by atoms with Crippen LogP contribution in [0.1, 0.15) is 18.9 Å². The molecule has 0 amide bonds. The maximum absolute atomic E-state index is 5.74. The van der Waals surface area contributed by atoms with E-state index in [1.807, 2.05) is 24.3 Å². The number of rotatable bonds is 5. The lowest BCUT2D eigenvalue weighted by atomic mass is 10.2. The molecule has 2 N–H and O–H groups in total. The number of nitrogens with one attached hydrogen (secondary N) is 2. The Morgan fingerprint density at radius 2 is 1.84 bits per heavy atom. The Hall–Kier alpha value is -2.69. The second-order valence-electron chi connectivity index (χ2n) is 5.83. The van der Waals surface area contributed by atoms with Crippen molar-refractivity contribution in [3.05, 3.63) is 54.1 Å². The maximum atomic E-state index is 5.74. The van der Waals surface area contributed by atoms with Gasteiger partial charge in [0.1, 0.15) is 0 Å². The van der Waals surface area contributed by atoms with Crippen LogP contribution in [0.25, 0.3) is 0 Å². The van der Waals surface area contributed by atoms with Crippen molar-refractivity contribution in [2.75, 3.05) is 31.6 Å². The quantitative estimate of drug-likeness (QED) is 0.647. The number of fused-ring (bicyclic) bond motifs is 1. The summed E-state index contributed by atoms with van der Waals surface area (Å²) in [7, 11) is 0. The van der Waals surface area contributed by atoms with E-state index in [-0.39, 0.29) is 0 Å². The Balaban J connectivity index is 1.64. The normalized spacial score (nSPS) is 13.9. The molecule has 0 radical (unpaired) electrons. The van der Waals surface area contributed by atoms with Crippen LogP contribution in [0.2, 0.25) is 0 Å². The predicted octanol–water partition coefficient (Wildman–Crippen LogP) is 3.47. The van der Waals surface area contributed by atoms with Gasteiger partial charge in [-0.25, -0.2) is 0 Å². The highest BCUT2D eigenvalue weighted by Gasteiger charge is 2.11. The lowest BCUT2D eigenvalue weighted by molar-refractivity contribution is 0.297. The van der Waals surface area contributed by atoms with Crippen molar-refractivity contribution < 1.29 is 9.47 Å². The van der Waals surface area contributed by atoms with Gasteiger partial charge in [0.05, 0.1) is 13.2 Å². The summed E-state index contributed by atoms with van der Waals surface area (Å²) in [6.45, 7) is 4.97. The molecule has 2 aromatic rings. The zero-order chi connectivity index (χ0) is 17.3. The summed E-state index contributed by atoms with van der Waals surface area (Å²) in [5.41, 5.74) is 2.22. The van der Waals surface area contributed by atoms with E-state index in [4.69, 9.17) is 9.47 Å². The molecule has 0 fully saturated rings. The van der Waals surface area contributed by atoms with Crippen molar-refractivity contribution in [1.29, 1.82) is 0 Å². The molecule has 0 saturated carbocycles. The number of anilines is 1. The van der Waals surface area contributed by atoms with Crippen molar-refractivity contribution in [3.8, 4) is 11.5 Å². The monoisotopic (exact) mass is 339 g/mol. The van der Waals surface area contributed by atoms with E-state index < -0.39 is 0 Å². The van der Waals surface area contributed by atoms with Crippen molar-refractivity contribution in [3.63, 3.8) is 0 Å². The van der Waals surface area contributed by atoms with Crippen LogP contribution in [-0.2, 0) is 6.42 Å². The van der Waals surface area contributed by atoms with Crippen LogP contribution in [0.15, 0.2) is 53.5 Å². The largest absolute Gasteiger partial charge is 0.490 e. The van der Waals surface area contributed by atoms with Crippen LogP contribution in [0, 0.1) is 0 Å². The Bertz CT molecular complexity index is 701. The zero-order valence-electron chi connectivity index (χ0n) is 14.6. The molecule has 1 aliphatic rings. The lowest BCUT2D eigenvalue weighted by Crippen LogP contribution is -2.30. The molecule has 1 aliphatic heterocycles. The van der Waals surface area contributed by atoms with E-state index >= 15 is 0 Å². The summed E-state index contributed by atoms with van der Waals surface area (Å²) in [5, 5.41) is 6.62. The molecule has 0 spiro atoms. The van der Waals surface area contributed by atoms with Gasteiger partial charge in [0.2, 0.25) is 0 Å². The Morgan fingerprint density at radius 3 is 2.64 bits per heavy atom. The number of aliphatic imine (C=N–C) groups is 1. The lowest BCUT2D eigenvalue weighted by Gasteiger charge is -2.13. The summed E-state index contributed by atoms with van der Waals surface area (Å²) in [5.74, 6) is 2.35. The number of hydrogen-bond acceptors (Lipinski definition) is 3. The second-order valence-corrected chi connectivity index (χ2v) is 5.83. The topological polar surface area (TPSA) is 54.9 Å². The van der Waals surface area contributed by atoms with Gasteiger partial charge in [0.25, 0.3) is 0 Å². The number of benzene rings is 2. The molecule has 2 aromatic carbocycles. The van der Waals surface area contributed by atoms with Gasteiger partial charge in [0.15, 0.2) is 17.5 Å². The summed E-state index contributed by atoms with van der Waals surface area (Å²) in [6, 6.07) is 16.3. The molecule has 132 valence electrons. The van der Waals surface area contributed by atoms with Crippen LogP contribution in [0.3, 0.4) is 0 Å². The third-order valence-electron chi connectivity index (χ3n) is 3.87. The number of guanidine groups is 1. The Labute approximate surface area is 149 Å². The van der Waals surface area contributed by atoms with Gasteiger partial charge in [-0.05, 0) is 31.0 Å². The van der Waals surface area contributed by atoms with Gasteiger partial charge in [-0.3, -0.25) is 4.99 Å². The standard InChI is InChI=1S/C20H25N3O2/c1-2-21-20(22-12-11-16-7-4-3-5-8-16)23-17-9-10-18-19(15-17)25-14-6-13-24-18/h3-5,7-10,15H,2,6,11-14H2,1H3,(H2,21,22,23). The number of hydrogen-bond donors (Lipinski definition) is 2. The van der Waals surface area contributed by atoms with Gasteiger partial charge in [-0.1, -0.05) is 30.3 Å². The molecule has 0 aromatic heterocycles. The van der Waals surface area contributed by atoms with E-state index in [0.717, 1.165) is 49.1 Å². The molecule has 0 saturated heterocycles. The van der Waals surface area contributed by atoms with E-state index in [1.165, 1.54) is 5.56 Å². The van der Waals surface area contributed by atoms with Crippen LogP contribution in [0.5, 0.6) is 11.5 Å². The molecule has 0 atom stereocenters. The highest BCUT2D eigenvalue weighted by molar-refractivity contribution is 5.93. The van der Waals surface area contributed by atoms with E-state index in [2.05, 4.69) is 46.8 Å². The minimum atomic E-state index is 0.682. The number of ether oxygens (including phenoxy) is 2. The predicted molar refractivity (Wildman–Crippen MR) is 102 cm³/mol. The fourth-order valence-corrected chi connectivity index (χ4v) is 2.63. The molecular formula is C20H25N3O2. The fraction of sp³-hybridized carbons (Fsp3) is 0.350. The highest BCUT2D eigenvalue weighted by Crippen LogP contribution is 2.32. The van der Waals surface area contributed by atoms with Crippen LogP contribution < -0.4 is 20.1 Å². The van der Waals surface area contributed by atoms with Crippen molar-refractivity contribution >= 4 is 11.6 Å². The first kappa shape index (κ1) is 17.1. The van der Waals surface area contributed by atoms with Crippen molar-refractivity contribution in [1.82, 2.24) is 5.32 Å². The van der Waals surface area contributed by atoms with E-state index in [1.54, 1.807) is 0 Å². The van der Waals surface area contributed by atoms with Crippen LogP contribution >= 0.6 is 0 Å². The third-order valence-corrected chi connectivity index (χ3v) is 3.87. The Morgan fingerprint density at radius 1 is 1.04 bits per heavy atom. The third kappa shape index (κ3) is 5.14. The molecule has 5 heteroatoms. The minimum Gasteiger partial charge on any atom is -0.490 e. The van der Waals surface area contributed by atoms with Crippen molar-refractivity contribution in [2.24, 2.45) is 4.99 Å². The van der Waals surface area contributed by atoms with Gasteiger partial charge in [0, 0.05) is 31.3 Å². The first-order valence-corrected chi connectivity index (χ1v) is 8.84. The summed E-state index contributed by atoms with van der Waals surface area (Å²) < 4.78 is 11.4. The van der Waals surface area contributed by atoms with E-state index in [0.29, 0.717) is 13.2 Å². The maximum Gasteiger partial charge on any atom is 0.195 e. The fourth-order valence-electron chi connectivity index (χ4n) is 2.63. The molecular weight excluding hydrogens is 314 g/mol. The molecule has 5 nitrogen and oxygen atoms in total. The average Bonchev–Trinajstić information content (AvgIpc) is 2.88.